The number of rotatable bonds is 3. The van der Waals surface area contributed by atoms with Gasteiger partial charge in [0.2, 0.25) is 5.91 Å². The van der Waals surface area contributed by atoms with E-state index < -0.39 is 0 Å². The van der Waals surface area contributed by atoms with Gasteiger partial charge in [-0.3, -0.25) is 4.79 Å². The van der Waals surface area contributed by atoms with Crippen LogP contribution in [-0.4, -0.2) is 29.3 Å². The zero-order chi connectivity index (χ0) is 13.8. The lowest BCUT2D eigenvalue weighted by molar-refractivity contribution is -0.146. The maximum absolute atomic E-state index is 12.4. The molecule has 1 fully saturated rings. The molecule has 5 nitrogen and oxygen atoms in total. The summed E-state index contributed by atoms with van der Waals surface area (Å²) in [6, 6.07) is 11.8. The van der Waals surface area contributed by atoms with Gasteiger partial charge in [0.1, 0.15) is 13.0 Å². The molecule has 0 N–H and O–H groups in total. The van der Waals surface area contributed by atoms with Crippen molar-refractivity contribution in [2.24, 2.45) is 0 Å². The molecule has 1 saturated heterocycles. The first kappa shape index (κ1) is 12.9. The number of ether oxygens (including phenoxy) is 1. The Bertz CT molecular complexity index is 554. The molecular weight excluding hydrogens is 256 g/mol. The Morgan fingerprint density at radius 1 is 1.30 bits per heavy atom. The molecule has 1 aromatic heterocycles. The minimum absolute atomic E-state index is 0.00690. The van der Waals surface area contributed by atoms with Crippen LogP contribution in [0.3, 0.4) is 0 Å². The predicted octanol–water partition coefficient (Wildman–Crippen LogP) is 2.16. The Labute approximate surface area is 117 Å². The molecule has 3 rings (SSSR count). The van der Waals surface area contributed by atoms with Crippen molar-refractivity contribution < 1.29 is 14.1 Å². The first-order valence-electron chi connectivity index (χ1n) is 6.66. The summed E-state index contributed by atoms with van der Waals surface area (Å²) in [5, 5.41) is 3.79. The van der Waals surface area contributed by atoms with E-state index in [2.05, 4.69) is 5.16 Å². The van der Waals surface area contributed by atoms with Crippen LogP contribution in [-0.2, 0) is 16.0 Å². The third kappa shape index (κ3) is 2.72. The van der Waals surface area contributed by atoms with Crippen LogP contribution < -0.4 is 0 Å². The number of carbonyl (C=O) groups excluding carboxylic acids is 1. The first-order chi connectivity index (χ1) is 9.84. The van der Waals surface area contributed by atoms with Crippen molar-refractivity contribution in [2.75, 3.05) is 13.3 Å². The van der Waals surface area contributed by atoms with Crippen LogP contribution in [0, 0.1) is 0 Å². The maximum Gasteiger partial charge on any atom is 0.231 e. The molecule has 1 aliphatic rings. The fraction of sp³-hybridized carbons (Fsp3) is 0.333. The monoisotopic (exact) mass is 272 g/mol. The third-order valence-electron chi connectivity index (χ3n) is 3.47. The number of benzene rings is 1. The molecule has 1 aromatic carbocycles. The van der Waals surface area contributed by atoms with Crippen LogP contribution in [0.15, 0.2) is 47.2 Å². The fourth-order valence-corrected chi connectivity index (χ4v) is 2.46. The quantitative estimate of drug-likeness (QED) is 0.859. The summed E-state index contributed by atoms with van der Waals surface area (Å²) in [6.07, 6.45) is 2.53. The predicted molar refractivity (Wildman–Crippen MR) is 71.7 cm³/mol. The summed E-state index contributed by atoms with van der Waals surface area (Å²) in [5.41, 5.74) is 1.79. The lowest BCUT2D eigenvalue weighted by Crippen LogP contribution is -2.41. The largest absolute Gasteiger partial charge is 0.364 e. The topological polar surface area (TPSA) is 55.6 Å². The normalized spacial score (nSPS) is 19.0. The minimum Gasteiger partial charge on any atom is -0.364 e. The highest BCUT2D eigenvalue weighted by molar-refractivity contribution is 5.78. The summed E-state index contributed by atoms with van der Waals surface area (Å²) < 4.78 is 10.2. The van der Waals surface area contributed by atoms with Gasteiger partial charge in [-0.1, -0.05) is 35.5 Å². The van der Waals surface area contributed by atoms with Crippen molar-refractivity contribution in [3.63, 3.8) is 0 Å². The number of aromatic nitrogens is 1. The van der Waals surface area contributed by atoms with Crippen LogP contribution in [0.4, 0.5) is 0 Å². The van der Waals surface area contributed by atoms with E-state index in [0.29, 0.717) is 19.0 Å². The number of nitrogens with zero attached hydrogens (tertiary/aromatic N) is 2. The van der Waals surface area contributed by atoms with Gasteiger partial charge in [0.05, 0.1) is 24.8 Å². The van der Waals surface area contributed by atoms with E-state index in [-0.39, 0.29) is 18.4 Å². The molecule has 1 unspecified atom stereocenters. The number of hydrogen-bond donors (Lipinski definition) is 0. The van der Waals surface area contributed by atoms with E-state index in [9.17, 15) is 4.79 Å². The van der Waals surface area contributed by atoms with Gasteiger partial charge in [-0.2, -0.15) is 0 Å². The molecule has 0 spiro atoms. The van der Waals surface area contributed by atoms with Gasteiger partial charge in [0, 0.05) is 6.07 Å². The van der Waals surface area contributed by atoms with Gasteiger partial charge in [-0.05, 0) is 12.0 Å². The third-order valence-corrected chi connectivity index (χ3v) is 3.47. The van der Waals surface area contributed by atoms with E-state index in [1.54, 1.807) is 11.0 Å². The van der Waals surface area contributed by atoms with Crippen LogP contribution in [0.25, 0.3) is 0 Å². The Balaban J connectivity index is 1.77. The summed E-state index contributed by atoms with van der Waals surface area (Å²) in [4.78, 5) is 14.2. The lowest BCUT2D eigenvalue weighted by Gasteiger charge is -2.35. The average molecular weight is 272 g/mol. The molecule has 1 atom stereocenters. The smallest absolute Gasteiger partial charge is 0.231 e. The van der Waals surface area contributed by atoms with Crippen molar-refractivity contribution in [3.05, 3.63) is 53.9 Å². The van der Waals surface area contributed by atoms with Gasteiger partial charge in [-0.25, -0.2) is 0 Å². The molecule has 0 saturated carbocycles. The lowest BCUT2D eigenvalue weighted by atomic mass is 10.0. The van der Waals surface area contributed by atoms with Crippen molar-refractivity contribution in [1.82, 2.24) is 10.1 Å². The molecule has 20 heavy (non-hydrogen) atoms. The second-order valence-corrected chi connectivity index (χ2v) is 4.78. The highest BCUT2D eigenvalue weighted by atomic mass is 16.5. The van der Waals surface area contributed by atoms with Crippen molar-refractivity contribution in [1.29, 1.82) is 0 Å². The van der Waals surface area contributed by atoms with Crippen molar-refractivity contribution in [2.45, 2.75) is 18.9 Å². The number of carbonyl (C=O) groups is 1. The minimum atomic E-state index is 0.00690. The molecule has 0 bridgehead atoms. The summed E-state index contributed by atoms with van der Waals surface area (Å²) >= 11 is 0. The molecule has 104 valence electrons. The Kier molecular flexibility index (Phi) is 3.78. The Morgan fingerprint density at radius 2 is 2.15 bits per heavy atom. The molecule has 1 aliphatic heterocycles. The van der Waals surface area contributed by atoms with E-state index in [1.807, 2.05) is 30.3 Å². The number of amides is 1. The molecule has 2 heterocycles. The van der Waals surface area contributed by atoms with Crippen LogP contribution in [0.2, 0.25) is 0 Å². The molecule has 1 amide bonds. The van der Waals surface area contributed by atoms with Crippen LogP contribution in [0.5, 0.6) is 0 Å². The highest BCUT2D eigenvalue weighted by Gasteiger charge is 2.28. The van der Waals surface area contributed by atoms with Gasteiger partial charge >= 0.3 is 0 Å². The fourth-order valence-electron chi connectivity index (χ4n) is 2.46. The van der Waals surface area contributed by atoms with E-state index >= 15 is 0 Å². The Hall–Kier alpha value is -2.14. The standard InChI is InChI=1S/C15H16N2O3/c18-15(10-13-6-9-20-16-13)17-11-19-8-7-14(17)12-4-2-1-3-5-12/h1-6,9,14H,7-8,10-11H2. The Morgan fingerprint density at radius 3 is 2.90 bits per heavy atom. The molecule has 0 aliphatic carbocycles. The second-order valence-electron chi connectivity index (χ2n) is 4.78. The zero-order valence-electron chi connectivity index (χ0n) is 11.1. The maximum atomic E-state index is 12.4. The summed E-state index contributed by atoms with van der Waals surface area (Å²) in [5.74, 6) is 0.00690. The van der Waals surface area contributed by atoms with E-state index in [1.165, 1.54) is 6.26 Å². The molecule has 2 aromatic rings. The van der Waals surface area contributed by atoms with Gasteiger partial charge in [0.15, 0.2) is 0 Å². The van der Waals surface area contributed by atoms with Crippen LogP contribution in [0.1, 0.15) is 23.7 Å². The van der Waals surface area contributed by atoms with Gasteiger partial charge in [0.25, 0.3) is 0 Å². The summed E-state index contributed by atoms with van der Waals surface area (Å²) in [7, 11) is 0. The molecule has 0 radical (unpaired) electrons. The van der Waals surface area contributed by atoms with Crippen molar-refractivity contribution >= 4 is 5.91 Å². The zero-order valence-corrected chi connectivity index (χ0v) is 11.1. The average Bonchev–Trinajstić information content (AvgIpc) is 3.01. The van der Waals surface area contributed by atoms with Crippen molar-refractivity contribution in [3.8, 4) is 0 Å². The van der Waals surface area contributed by atoms with E-state index in [4.69, 9.17) is 9.26 Å². The first-order valence-corrected chi connectivity index (χ1v) is 6.66. The van der Waals surface area contributed by atoms with E-state index in [0.717, 1.165) is 12.0 Å². The molecular formula is C15H16N2O3. The van der Waals surface area contributed by atoms with Gasteiger partial charge in [-0.15, -0.1) is 0 Å². The second kappa shape index (κ2) is 5.88. The highest BCUT2D eigenvalue weighted by Crippen LogP contribution is 2.28. The number of hydrogen-bond acceptors (Lipinski definition) is 4. The van der Waals surface area contributed by atoms with Crippen LogP contribution >= 0.6 is 0 Å². The summed E-state index contributed by atoms with van der Waals surface area (Å²) in [6.45, 7) is 1.00. The van der Waals surface area contributed by atoms with Gasteiger partial charge < -0.3 is 14.2 Å². The molecule has 5 heteroatoms. The SMILES string of the molecule is O=C(Cc1ccon1)N1COCCC1c1ccccc1.